The SMILES string of the molecule is CCC(=O)N1CCC2(CC1)CN(Cc1cc(F)ccc1F)[C@H](CO)c1c2c2ccc(OC)cc2n1C. The number of ether oxygens (including phenoxy) is 1. The third kappa shape index (κ3) is 3.96. The van der Waals surface area contributed by atoms with Crippen molar-refractivity contribution in [3.8, 4) is 5.75 Å². The molecular formula is C28H33F2N3O3. The molecule has 1 saturated heterocycles. The molecule has 1 aromatic heterocycles. The Hall–Kier alpha value is -2.97. The number of methoxy groups -OCH3 is 1. The van der Waals surface area contributed by atoms with Gasteiger partial charge in [-0.2, -0.15) is 0 Å². The molecule has 3 aromatic rings. The number of piperidine rings is 1. The maximum atomic E-state index is 14.7. The minimum atomic E-state index is -0.484. The second-order valence-electron chi connectivity index (χ2n) is 10.1. The standard InChI is InChI=1S/C28H33F2N3O3/c1-4-25(35)32-11-9-28(10-12-32)17-33(15-18-13-19(29)5-8-22(18)30)24(16-34)27-26(28)21-7-6-20(36-3)14-23(21)31(27)2/h5-8,13-14,24,34H,4,9-12,15-17H2,1-3H3/t24-/m1/s1. The lowest BCUT2D eigenvalue weighted by Crippen LogP contribution is -2.54. The number of aromatic nitrogens is 1. The zero-order chi connectivity index (χ0) is 25.6. The lowest BCUT2D eigenvalue weighted by atomic mass is 9.68. The number of aliphatic hydroxyl groups excluding tert-OH is 1. The first-order chi connectivity index (χ1) is 17.3. The molecule has 1 spiro atoms. The molecule has 8 heteroatoms. The first-order valence-corrected chi connectivity index (χ1v) is 12.5. The van der Waals surface area contributed by atoms with E-state index in [9.17, 15) is 18.7 Å². The summed E-state index contributed by atoms with van der Waals surface area (Å²) in [6.45, 7) is 3.78. The van der Waals surface area contributed by atoms with Crippen LogP contribution in [-0.4, -0.2) is 58.7 Å². The summed E-state index contributed by atoms with van der Waals surface area (Å²) in [6.07, 6.45) is 2.00. The van der Waals surface area contributed by atoms with Crippen molar-refractivity contribution in [3.63, 3.8) is 0 Å². The number of aliphatic hydroxyl groups is 1. The fraction of sp³-hybridized carbons (Fsp3) is 0.464. The summed E-state index contributed by atoms with van der Waals surface area (Å²) in [5, 5.41) is 11.7. The largest absolute Gasteiger partial charge is 0.497 e. The molecule has 192 valence electrons. The van der Waals surface area contributed by atoms with E-state index >= 15 is 0 Å². The summed E-state index contributed by atoms with van der Waals surface area (Å²) >= 11 is 0. The Kier molecular flexibility index (Phi) is 6.51. The van der Waals surface area contributed by atoms with Gasteiger partial charge in [0.1, 0.15) is 17.4 Å². The molecule has 1 fully saturated rings. The van der Waals surface area contributed by atoms with Crippen LogP contribution < -0.4 is 4.74 Å². The molecule has 36 heavy (non-hydrogen) atoms. The minimum Gasteiger partial charge on any atom is -0.497 e. The Balaban J connectivity index is 1.65. The number of amides is 1. The molecule has 2 aliphatic rings. The van der Waals surface area contributed by atoms with E-state index in [2.05, 4.69) is 15.5 Å². The molecule has 1 N–H and O–H groups in total. The van der Waals surface area contributed by atoms with Gasteiger partial charge in [-0.25, -0.2) is 8.78 Å². The summed E-state index contributed by atoms with van der Waals surface area (Å²) in [5.41, 5.74) is 3.16. The predicted molar refractivity (Wildman–Crippen MR) is 134 cm³/mol. The lowest BCUT2D eigenvalue weighted by molar-refractivity contribution is -0.132. The number of fused-ring (bicyclic) bond motifs is 4. The van der Waals surface area contributed by atoms with Crippen molar-refractivity contribution < 1.29 is 23.4 Å². The topological polar surface area (TPSA) is 57.9 Å². The number of likely N-dealkylation sites (tertiary alicyclic amines) is 1. The van der Waals surface area contributed by atoms with Gasteiger partial charge in [0.2, 0.25) is 5.91 Å². The first kappa shape index (κ1) is 24.7. The average molecular weight is 498 g/mol. The van der Waals surface area contributed by atoms with Crippen molar-refractivity contribution in [1.29, 1.82) is 0 Å². The Morgan fingerprint density at radius 3 is 2.58 bits per heavy atom. The number of benzene rings is 2. The van der Waals surface area contributed by atoms with Crippen LogP contribution in [0.1, 0.15) is 49.0 Å². The van der Waals surface area contributed by atoms with Gasteiger partial charge in [0.15, 0.2) is 0 Å². The molecular weight excluding hydrogens is 464 g/mol. The molecule has 3 heterocycles. The van der Waals surface area contributed by atoms with Crippen LogP contribution in [-0.2, 0) is 23.8 Å². The van der Waals surface area contributed by atoms with Crippen LogP contribution in [0.5, 0.6) is 5.75 Å². The van der Waals surface area contributed by atoms with Gasteiger partial charge in [-0.3, -0.25) is 9.69 Å². The van der Waals surface area contributed by atoms with Crippen LogP contribution in [0, 0.1) is 11.6 Å². The second kappa shape index (κ2) is 9.48. The normalized spacial score (nSPS) is 19.6. The highest BCUT2D eigenvalue weighted by Gasteiger charge is 2.48. The molecule has 0 unspecified atom stereocenters. The van der Waals surface area contributed by atoms with E-state index in [-0.39, 0.29) is 36.1 Å². The number of carbonyl (C=O) groups excluding carboxylic acids is 1. The fourth-order valence-corrected chi connectivity index (χ4v) is 6.33. The zero-order valence-electron chi connectivity index (χ0n) is 21.1. The van der Waals surface area contributed by atoms with Gasteiger partial charge in [0.25, 0.3) is 0 Å². The van der Waals surface area contributed by atoms with E-state index in [1.54, 1.807) is 7.11 Å². The van der Waals surface area contributed by atoms with E-state index < -0.39 is 11.6 Å². The minimum absolute atomic E-state index is 0.149. The van der Waals surface area contributed by atoms with Crippen LogP contribution in [0.4, 0.5) is 8.78 Å². The van der Waals surface area contributed by atoms with Crippen molar-refractivity contribution in [3.05, 3.63) is 64.9 Å². The highest BCUT2D eigenvalue weighted by molar-refractivity contribution is 5.88. The van der Waals surface area contributed by atoms with E-state index in [1.165, 1.54) is 11.6 Å². The van der Waals surface area contributed by atoms with E-state index in [4.69, 9.17) is 4.74 Å². The molecule has 6 nitrogen and oxygen atoms in total. The van der Waals surface area contributed by atoms with Gasteiger partial charge in [0, 0.05) is 67.8 Å². The first-order valence-electron chi connectivity index (χ1n) is 12.5. The summed E-state index contributed by atoms with van der Waals surface area (Å²) < 4.78 is 36.3. The molecule has 1 amide bonds. The van der Waals surface area contributed by atoms with Gasteiger partial charge in [-0.15, -0.1) is 0 Å². The van der Waals surface area contributed by atoms with Gasteiger partial charge >= 0.3 is 0 Å². The number of carbonyl (C=O) groups is 1. The monoisotopic (exact) mass is 497 g/mol. The van der Waals surface area contributed by atoms with Crippen molar-refractivity contribution in [2.24, 2.45) is 7.05 Å². The van der Waals surface area contributed by atoms with E-state index in [1.807, 2.05) is 31.0 Å². The van der Waals surface area contributed by atoms with E-state index in [0.29, 0.717) is 26.1 Å². The number of rotatable bonds is 5. The zero-order valence-corrected chi connectivity index (χ0v) is 21.1. The predicted octanol–water partition coefficient (Wildman–Crippen LogP) is 4.28. The molecule has 2 aromatic carbocycles. The molecule has 2 aliphatic heterocycles. The fourth-order valence-electron chi connectivity index (χ4n) is 6.33. The van der Waals surface area contributed by atoms with Gasteiger partial charge in [-0.1, -0.05) is 6.92 Å². The van der Waals surface area contributed by atoms with E-state index in [0.717, 1.165) is 47.3 Å². The highest BCUT2D eigenvalue weighted by Crippen LogP contribution is 2.50. The number of hydrogen-bond acceptors (Lipinski definition) is 4. The Bertz CT molecular complexity index is 1300. The van der Waals surface area contributed by atoms with Crippen LogP contribution in [0.2, 0.25) is 0 Å². The summed E-state index contributed by atoms with van der Waals surface area (Å²) in [4.78, 5) is 16.4. The average Bonchev–Trinajstić information content (AvgIpc) is 3.19. The lowest BCUT2D eigenvalue weighted by Gasteiger charge is -2.50. The van der Waals surface area contributed by atoms with Crippen LogP contribution in [0.25, 0.3) is 10.9 Å². The molecule has 0 bridgehead atoms. The van der Waals surface area contributed by atoms with Gasteiger partial charge < -0.3 is 19.3 Å². The highest BCUT2D eigenvalue weighted by atomic mass is 19.1. The number of hydrogen-bond donors (Lipinski definition) is 1. The third-order valence-corrected chi connectivity index (χ3v) is 8.18. The molecule has 5 rings (SSSR count). The Morgan fingerprint density at radius 2 is 1.92 bits per heavy atom. The van der Waals surface area contributed by atoms with Gasteiger partial charge in [0.05, 0.1) is 25.3 Å². The number of aryl methyl sites for hydroxylation is 1. The number of nitrogens with zero attached hydrogens (tertiary/aromatic N) is 3. The molecule has 1 atom stereocenters. The van der Waals surface area contributed by atoms with Crippen molar-refractivity contribution in [2.75, 3.05) is 33.4 Å². The van der Waals surface area contributed by atoms with Crippen molar-refractivity contribution in [1.82, 2.24) is 14.4 Å². The maximum Gasteiger partial charge on any atom is 0.222 e. The van der Waals surface area contributed by atoms with Crippen molar-refractivity contribution in [2.45, 2.75) is 44.2 Å². The molecule has 0 radical (unpaired) electrons. The van der Waals surface area contributed by atoms with Gasteiger partial charge in [-0.05, 0) is 48.7 Å². The third-order valence-electron chi connectivity index (χ3n) is 8.18. The quantitative estimate of drug-likeness (QED) is 0.572. The summed E-state index contributed by atoms with van der Waals surface area (Å²) in [5.74, 6) is -0.0481. The summed E-state index contributed by atoms with van der Waals surface area (Å²) in [7, 11) is 3.62. The second-order valence-corrected chi connectivity index (χ2v) is 10.1. The Morgan fingerprint density at radius 1 is 1.17 bits per heavy atom. The number of halogens is 2. The van der Waals surface area contributed by atoms with Crippen molar-refractivity contribution >= 4 is 16.8 Å². The molecule has 0 aliphatic carbocycles. The molecule has 0 saturated carbocycles. The van der Waals surface area contributed by atoms with Crippen LogP contribution >= 0.6 is 0 Å². The smallest absolute Gasteiger partial charge is 0.222 e. The van der Waals surface area contributed by atoms with Crippen LogP contribution in [0.3, 0.4) is 0 Å². The Labute approximate surface area is 210 Å². The van der Waals surface area contributed by atoms with Crippen LogP contribution in [0.15, 0.2) is 36.4 Å². The summed E-state index contributed by atoms with van der Waals surface area (Å²) in [6, 6.07) is 9.16. The maximum absolute atomic E-state index is 14.7.